The Morgan fingerprint density at radius 3 is 2.92 bits per heavy atom. The maximum absolute atomic E-state index is 12.8. The third kappa shape index (κ3) is 3.84. The van der Waals surface area contributed by atoms with E-state index >= 15 is 0 Å². The van der Waals surface area contributed by atoms with Gasteiger partial charge in [0, 0.05) is 35.7 Å². The van der Waals surface area contributed by atoms with Crippen molar-refractivity contribution in [2.75, 3.05) is 26.7 Å². The largest absolute Gasteiger partial charge is 0.495 e. The molecular weight excluding hydrogens is 350 g/mol. The molecule has 2 N–H and O–H groups in total. The smallest absolute Gasteiger partial charge is 0.253 e. The molecule has 1 saturated heterocycles. The van der Waals surface area contributed by atoms with E-state index in [0.29, 0.717) is 28.8 Å². The molecule has 0 bridgehead atoms. The molecule has 1 aliphatic heterocycles. The third-order valence-corrected chi connectivity index (χ3v) is 5.69. The van der Waals surface area contributed by atoms with E-state index in [1.54, 1.807) is 25.4 Å². The maximum atomic E-state index is 12.8. The van der Waals surface area contributed by atoms with Crippen molar-refractivity contribution in [3.63, 3.8) is 0 Å². The van der Waals surface area contributed by atoms with E-state index in [1.807, 2.05) is 0 Å². The first-order chi connectivity index (χ1) is 12.3. The van der Waals surface area contributed by atoms with Gasteiger partial charge in [-0.3, -0.25) is 9.69 Å². The van der Waals surface area contributed by atoms with Gasteiger partial charge in [0.25, 0.3) is 5.91 Å². The number of methoxy groups -OCH3 is 1. The number of ether oxygens (including phenoxy) is 1. The van der Waals surface area contributed by atoms with Gasteiger partial charge in [0.05, 0.1) is 17.7 Å². The van der Waals surface area contributed by atoms with Gasteiger partial charge in [0.2, 0.25) is 0 Å². The van der Waals surface area contributed by atoms with Crippen LogP contribution < -0.4 is 10.1 Å². The summed E-state index contributed by atoms with van der Waals surface area (Å²) in [5, 5.41) is 4.44. The van der Waals surface area contributed by atoms with E-state index in [-0.39, 0.29) is 11.4 Å². The molecule has 0 aliphatic carbocycles. The zero-order valence-corrected chi connectivity index (χ0v) is 16.7. The molecule has 6 heteroatoms. The molecule has 3 rings (SSSR count). The van der Waals surface area contributed by atoms with E-state index in [9.17, 15) is 4.79 Å². The number of rotatable bonds is 5. The normalized spacial score (nSPS) is 18.9. The molecular formula is C20H28ClN3O2. The summed E-state index contributed by atoms with van der Waals surface area (Å²) in [5.74, 6) is 1.19. The van der Waals surface area contributed by atoms with Crippen molar-refractivity contribution in [3.8, 4) is 5.75 Å². The van der Waals surface area contributed by atoms with E-state index in [4.69, 9.17) is 16.3 Å². The van der Waals surface area contributed by atoms with Crippen LogP contribution in [0.5, 0.6) is 5.75 Å². The molecule has 1 aliphatic rings. The van der Waals surface area contributed by atoms with Crippen LogP contribution in [0, 0.1) is 5.92 Å². The van der Waals surface area contributed by atoms with Crippen molar-refractivity contribution < 1.29 is 9.53 Å². The molecule has 26 heavy (non-hydrogen) atoms. The van der Waals surface area contributed by atoms with Crippen molar-refractivity contribution in [1.29, 1.82) is 0 Å². The van der Waals surface area contributed by atoms with Crippen molar-refractivity contribution in [1.82, 2.24) is 15.2 Å². The number of nitrogens with one attached hydrogen (secondary N) is 2. The molecule has 1 aromatic heterocycles. The molecule has 1 fully saturated rings. The van der Waals surface area contributed by atoms with Crippen LogP contribution >= 0.6 is 11.6 Å². The first-order valence-electron chi connectivity index (χ1n) is 9.19. The average Bonchev–Trinajstić information content (AvgIpc) is 3.01. The second-order valence-corrected chi connectivity index (χ2v) is 8.33. The topological polar surface area (TPSA) is 57.4 Å². The van der Waals surface area contributed by atoms with Gasteiger partial charge in [0.15, 0.2) is 0 Å². The van der Waals surface area contributed by atoms with Gasteiger partial charge in [0.1, 0.15) is 5.75 Å². The SMILES string of the molecule is COc1cc2c(C(=O)NCC(C)(C)N3CCC[C@@H](C)C3)c[nH]c2cc1Cl. The van der Waals surface area contributed by atoms with Gasteiger partial charge in [-0.05, 0) is 51.3 Å². The number of nitrogens with zero attached hydrogens (tertiary/aromatic N) is 1. The Kier molecular flexibility index (Phi) is 5.49. The number of aromatic nitrogens is 1. The minimum Gasteiger partial charge on any atom is -0.495 e. The van der Waals surface area contributed by atoms with E-state index in [2.05, 4.69) is 36.0 Å². The number of carbonyl (C=O) groups excluding carboxylic acids is 1. The number of aromatic amines is 1. The molecule has 0 unspecified atom stereocenters. The van der Waals surface area contributed by atoms with Gasteiger partial charge in [-0.15, -0.1) is 0 Å². The van der Waals surface area contributed by atoms with E-state index in [1.165, 1.54) is 12.8 Å². The predicted molar refractivity (Wildman–Crippen MR) is 106 cm³/mol. The highest BCUT2D eigenvalue weighted by Crippen LogP contribution is 2.31. The van der Waals surface area contributed by atoms with E-state index in [0.717, 1.165) is 24.0 Å². The van der Waals surface area contributed by atoms with Gasteiger partial charge in [-0.1, -0.05) is 18.5 Å². The third-order valence-electron chi connectivity index (χ3n) is 5.39. The Balaban J connectivity index is 1.73. The quantitative estimate of drug-likeness (QED) is 0.825. The van der Waals surface area contributed by atoms with Crippen LogP contribution in [-0.2, 0) is 0 Å². The average molecular weight is 378 g/mol. The Morgan fingerprint density at radius 1 is 1.46 bits per heavy atom. The standard InChI is InChI=1S/C20H28ClN3O2/c1-13-6-5-7-24(11-13)20(2,3)12-23-19(25)15-10-22-17-9-16(21)18(26-4)8-14(15)17/h8-10,13,22H,5-7,11-12H2,1-4H3,(H,23,25)/t13-/m1/s1. The lowest BCUT2D eigenvalue weighted by Crippen LogP contribution is -2.54. The van der Waals surface area contributed by atoms with Crippen LogP contribution in [0.1, 0.15) is 44.0 Å². The second-order valence-electron chi connectivity index (χ2n) is 7.92. The van der Waals surface area contributed by atoms with Crippen molar-refractivity contribution in [2.24, 2.45) is 5.92 Å². The summed E-state index contributed by atoms with van der Waals surface area (Å²) >= 11 is 6.16. The van der Waals surface area contributed by atoms with Crippen LogP contribution in [0.15, 0.2) is 18.3 Å². The molecule has 2 heterocycles. The molecule has 2 aromatic rings. The van der Waals surface area contributed by atoms with Crippen molar-refractivity contribution in [3.05, 3.63) is 28.9 Å². The predicted octanol–water partition coefficient (Wildman–Crippen LogP) is 4.07. The van der Waals surface area contributed by atoms with Crippen LogP contribution in [0.4, 0.5) is 0 Å². The summed E-state index contributed by atoms with van der Waals surface area (Å²) < 4.78 is 5.28. The first kappa shape index (κ1) is 19.1. The summed E-state index contributed by atoms with van der Waals surface area (Å²) in [4.78, 5) is 18.4. The fourth-order valence-electron chi connectivity index (χ4n) is 3.71. The molecule has 1 atom stereocenters. The number of hydrogen-bond donors (Lipinski definition) is 2. The van der Waals surface area contributed by atoms with E-state index < -0.39 is 0 Å². The highest BCUT2D eigenvalue weighted by Gasteiger charge is 2.30. The Morgan fingerprint density at radius 2 is 2.23 bits per heavy atom. The zero-order chi connectivity index (χ0) is 18.9. The Labute approximate surface area is 160 Å². The van der Waals surface area contributed by atoms with Gasteiger partial charge >= 0.3 is 0 Å². The summed E-state index contributed by atoms with van der Waals surface area (Å²) in [6.45, 7) is 9.48. The number of benzene rings is 1. The molecule has 1 aromatic carbocycles. The number of likely N-dealkylation sites (tertiary alicyclic amines) is 1. The Hall–Kier alpha value is -1.72. The van der Waals surface area contributed by atoms with Gasteiger partial charge < -0.3 is 15.0 Å². The van der Waals surface area contributed by atoms with Crippen LogP contribution in [0.25, 0.3) is 10.9 Å². The van der Waals surface area contributed by atoms with Crippen LogP contribution in [0.2, 0.25) is 5.02 Å². The number of fused-ring (bicyclic) bond motifs is 1. The number of hydrogen-bond acceptors (Lipinski definition) is 3. The maximum Gasteiger partial charge on any atom is 0.253 e. The van der Waals surface area contributed by atoms with Gasteiger partial charge in [-0.25, -0.2) is 0 Å². The highest BCUT2D eigenvalue weighted by molar-refractivity contribution is 6.33. The number of H-pyrrole nitrogens is 1. The number of amides is 1. The lowest BCUT2D eigenvalue weighted by molar-refractivity contribution is 0.0658. The van der Waals surface area contributed by atoms with Crippen molar-refractivity contribution in [2.45, 2.75) is 39.2 Å². The van der Waals surface area contributed by atoms with Crippen LogP contribution in [-0.4, -0.2) is 48.1 Å². The molecule has 1 amide bonds. The number of piperidine rings is 1. The summed E-state index contributed by atoms with van der Waals surface area (Å²) in [5.41, 5.74) is 1.36. The zero-order valence-electron chi connectivity index (χ0n) is 16.0. The minimum absolute atomic E-state index is 0.0720. The molecule has 5 nitrogen and oxygen atoms in total. The fourth-order valence-corrected chi connectivity index (χ4v) is 3.95. The summed E-state index contributed by atoms with van der Waals surface area (Å²) in [6.07, 6.45) is 4.24. The highest BCUT2D eigenvalue weighted by atomic mass is 35.5. The lowest BCUT2D eigenvalue weighted by Gasteiger charge is -2.43. The second kappa shape index (κ2) is 7.49. The van der Waals surface area contributed by atoms with Gasteiger partial charge in [-0.2, -0.15) is 0 Å². The summed E-state index contributed by atoms with van der Waals surface area (Å²) in [7, 11) is 1.57. The molecule has 0 saturated carbocycles. The fraction of sp³-hybridized carbons (Fsp3) is 0.550. The van der Waals surface area contributed by atoms with Crippen LogP contribution in [0.3, 0.4) is 0 Å². The number of halogens is 1. The Bertz CT molecular complexity index is 800. The first-order valence-corrected chi connectivity index (χ1v) is 9.57. The summed E-state index contributed by atoms with van der Waals surface area (Å²) in [6, 6.07) is 3.59. The molecule has 142 valence electrons. The lowest BCUT2D eigenvalue weighted by atomic mass is 9.93. The monoisotopic (exact) mass is 377 g/mol. The minimum atomic E-state index is -0.0845. The molecule has 0 spiro atoms. The number of carbonyl (C=O) groups is 1. The van der Waals surface area contributed by atoms with Crippen molar-refractivity contribution >= 4 is 28.4 Å². The molecule has 0 radical (unpaired) electrons.